The molecule has 0 spiro atoms. The van der Waals surface area contributed by atoms with Gasteiger partial charge >= 0.3 is 0 Å². The molecule has 0 radical (unpaired) electrons. The Morgan fingerprint density at radius 2 is 1.84 bits per heavy atom. The number of aromatic nitrogens is 2. The number of halogens is 1. The molecule has 1 aliphatic rings. The number of ether oxygens (including phenoxy) is 1. The molecule has 5 nitrogen and oxygen atoms in total. The smallest absolute Gasteiger partial charge is 0.233 e. The summed E-state index contributed by atoms with van der Waals surface area (Å²) in [6.07, 6.45) is 0.125. The maximum atomic E-state index is 13.0. The summed E-state index contributed by atoms with van der Waals surface area (Å²) in [5, 5.41) is 8.99. The van der Waals surface area contributed by atoms with Gasteiger partial charge in [-0.25, -0.2) is 4.39 Å². The second kappa shape index (κ2) is 7.93. The molecule has 0 bridgehead atoms. The molecule has 1 aromatic carbocycles. The van der Waals surface area contributed by atoms with E-state index in [-0.39, 0.29) is 23.9 Å². The quantitative estimate of drug-likeness (QED) is 0.784. The molecule has 0 saturated carbocycles. The van der Waals surface area contributed by atoms with Gasteiger partial charge < -0.3 is 9.64 Å². The van der Waals surface area contributed by atoms with Gasteiger partial charge in [0.15, 0.2) is 0 Å². The molecule has 2 heterocycles. The number of rotatable bonds is 4. The second-order valence-corrected chi connectivity index (χ2v) is 7.10. The summed E-state index contributed by atoms with van der Waals surface area (Å²) in [7, 11) is 0. The van der Waals surface area contributed by atoms with Gasteiger partial charge in [0.1, 0.15) is 10.8 Å². The van der Waals surface area contributed by atoms with Crippen LogP contribution in [0.1, 0.15) is 13.8 Å². The zero-order valence-corrected chi connectivity index (χ0v) is 15.0. The second-order valence-electron chi connectivity index (χ2n) is 6.11. The van der Waals surface area contributed by atoms with E-state index in [1.807, 2.05) is 30.9 Å². The first-order valence-electron chi connectivity index (χ1n) is 8.17. The molecule has 25 heavy (non-hydrogen) atoms. The third-order valence-corrected chi connectivity index (χ3v) is 4.80. The lowest BCUT2D eigenvalue weighted by Crippen LogP contribution is -2.48. The minimum Gasteiger partial charge on any atom is -0.372 e. The van der Waals surface area contributed by atoms with Crippen LogP contribution in [0.3, 0.4) is 0 Å². The van der Waals surface area contributed by atoms with Crippen LogP contribution in [0.5, 0.6) is 0 Å². The average Bonchev–Trinajstić information content (AvgIpc) is 2.60. The highest BCUT2D eigenvalue weighted by molar-refractivity contribution is 7.99. The fraction of sp³-hybridized carbons (Fsp3) is 0.389. The molecule has 1 fully saturated rings. The first-order valence-corrected chi connectivity index (χ1v) is 9.15. The minimum atomic E-state index is -0.283. The Kier molecular flexibility index (Phi) is 5.65. The zero-order chi connectivity index (χ0) is 17.8. The van der Waals surface area contributed by atoms with Crippen molar-refractivity contribution in [2.75, 3.05) is 18.8 Å². The molecule has 0 N–H and O–H groups in total. The van der Waals surface area contributed by atoms with Crippen LogP contribution in [-0.2, 0) is 9.53 Å². The van der Waals surface area contributed by atoms with Crippen LogP contribution in [-0.4, -0.2) is 52.1 Å². The van der Waals surface area contributed by atoms with Gasteiger partial charge in [-0.15, -0.1) is 10.2 Å². The van der Waals surface area contributed by atoms with Gasteiger partial charge in [0.05, 0.1) is 23.7 Å². The molecular weight excluding hydrogens is 341 g/mol. The molecule has 132 valence electrons. The van der Waals surface area contributed by atoms with Crippen molar-refractivity contribution in [3.05, 3.63) is 42.2 Å². The number of hydrogen-bond acceptors (Lipinski definition) is 5. The molecule has 1 saturated heterocycles. The molecule has 2 unspecified atom stereocenters. The lowest BCUT2D eigenvalue weighted by atomic mass is 10.1. The lowest BCUT2D eigenvalue weighted by molar-refractivity contribution is -0.140. The largest absolute Gasteiger partial charge is 0.372 e. The highest BCUT2D eigenvalue weighted by Crippen LogP contribution is 2.21. The Morgan fingerprint density at radius 1 is 1.16 bits per heavy atom. The van der Waals surface area contributed by atoms with Crippen molar-refractivity contribution in [2.45, 2.75) is 31.1 Å². The van der Waals surface area contributed by atoms with Crippen molar-refractivity contribution >= 4 is 17.7 Å². The van der Waals surface area contributed by atoms with Gasteiger partial charge in [-0.1, -0.05) is 11.8 Å². The molecular formula is C18H20FN3O2S. The Labute approximate surface area is 150 Å². The third-order valence-electron chi connectivity index (χ3n) is 3.90. The molecule has 2 atom stereocenters. The SMILES string of the molecule is CC1CN(C(=O)CSc2ccc(-c3ccc(F)cc3)nn2)CC(C)O1. The van der Waals surface area contributed by atoms with Gasteiger partial charge in [0.25, 0.3) is 0 Å². The number of benzene rings is 1. The molecule has 2 aromatic rings. The van der Waals surface area contributed by atoms with Gasteiger partial charge in [-0.05, 0) is 50.2 Å². The molecule has 1 aromatic heterocycles. The average molecular weight is 361 g/mol. The predicted octanol–water partition coefficient (Wildman–Crippen LogP) is 3.01. The normalized spacial score (nSPS) is 20.5. The summed E-state index contributed by atoms with van der Waals surface area (Å²) in [5.41, 5.74) is 1.48. The van der Waals surface area contributed by atoms with E-state index in [9.17, 15) is 9.18 Å². The van der Waals surface area contributed by atoms with Gasteiger partial charge in [-0.3, -0.25) is 4.79 Å². The van der Waals surface area contributed by atoms with Gasteiger partial charge in [0, 0.05) is 18.7 Å². The minimum absolute atomic E-state index is 0.0625. The maximum absolute atomic E-state index is 13.0. The van der Waals surface area contributed by atoms with Crippen molar-refractivity contribution in [2.24, 2.45) is 0 Å². The topological polar surface area (TPSA) is 55.3 Å². The summed E-state index contributed by atoms with van der Waals surface area (Å²) in [6, 6.07) is 9.76. The number of carbonyl (C=O) groups excluding carboxylic acids is 1. The van der Waals surface area contributed by atoms with Crippen molar-refractivity contribution < 1.29 is 13.9 Å². The molecule has 7 heteroatoms. The first-order chi connectivity index (χ1) is 12.0. The third kappa shape index (κ3) is 4.76. The monoisotopic (exact) mass is 361 g/mol. The predicted molar refractivity (Wildman–Crippen MR) is 94.7 cm³/mol. The van der Waals surface area contributed by atoms with E-state index in [1.165, 1.54) is 23.9 Å². The summed E-state index contributed by atoms with van der Waals surface area (Å²) in [5.74, 6) is 0.120. The van der Waals surface area contributed by atoms with Crippen molar-refractivity contribution in [1.82, 2.24) is 15.1 Å². The van der Waals surface area contributed by atoms with E-state index in [0.29, 0.717) is 29.6 Å². The standard InChI is InChI=1S/C18H20FN3O2S/c1-12-9-22(10-13(2)24-12)18(23)11-25-17-8-7-16(20-21-17)14-3-5-15(19)6-4-14/h3-8,12-13H,9-11H2,1-2H3. The van der Waals surface area contributed by atoms with Crippen LogP contribution < -0.4 is 0 Å². The van der Waals surface area contributed by atoms with Crippen LogP contribution in [0.4, 0.5) is 4.39 Å². The Balaban J connectivity index is 1.56. The highest BCUT2D eigenvalue weighted by atomic mass is 32.2. The summed E-state index contributed by atoms with van der Waals surface area (Å²) >= 11 is 1.37. The van der Waals surface area contributed by atoms with E-state index in [4.69, 9.17) is 4.74 Å². The van der Waals surface area contributed by atoms with Crippen LogP contribution >= 0.6 is 11.8 Å². The fourth-order valence-corrected chi connectivity index (χ4v) is 3.50. The van der Waals surface area contributed by atoms with E-state index in [1.54, 1.807) is 12.1 Å². The number of morpholine rings is 1. The maximum Gasteiger partial charge on any atom is 0.233 e. The molecule has 1 amide bonds. The number of hydrogen-bond donors (Lipinski definition) is 0. The Morgan fingerprint density at radius 3 is 2.44 bits per heavy atom. The molecule has 1 aliphatic heterocycles. The van der Waals surface area contributed by atoms with E-state index in [0.717, 1.165) is 5.56 Å². The Bertz CT molecular complexity index is 714. The highest BCUT2D eigenvalue weighted by Gasteiger charge is 2.25. The lowest BCUT2D eigenvalue weighted by Gasteiger charge is -2.35. The first kappa shape index (κ1) is 17.8. The van der Waals surface area contributed by atoms with E-state index >= 15 is 0 Å². The van der Waals surface area contributed by atoms with Crippen LogP contribution in [0.25, 0.3) is 11.3 Å². The number of nitrogens with zero attached hydrogens (tertiary/aromatic N) is 3. The number of thioether (sulfide) groups is 1. The zero-order valence-electron chi connectivity index (χ0n) is 14.2. The number of carbonyl (C=O) groups is 1. The van der Waals surface area contributed by atoms with Gasteiger partial charge in [0.2, 0.25) is 5.91 Å². The van der Waals surface area contributed by atoms with E-state index < -0.39 is 0 Å². The van der Waals surface area contributed by atoms with Crippen LogP contribution in [0.2, 0.25) is 0 Å². The summed E-state index contributed by atoms with van der Waals surface area (Å²) < 4.78 is 18.6. The van der Waals surface area contributed by atoms with E-state index in [2.05, 4.69) is 10.2 Å². The summed E-state index contributed by atoms with van der Waals surface area (Å²) in [4.78, 5) is 14.2. The molecule has 3 rings (SSSR count). The van der Waals surface area contributed by atoms with Crippen molar-refractivity contribution in [3.63, 3.8) is 0 Å². The van der Waals surface area contributed by atoms with Gasteiger partial charge in [-0.2, -0.15) is 0 Å². The van der Waals surface area contributed by atoms with Crippen LogP contribution in [0, 0.1) is 5.82 Å². The van der Waals surface area contributed by atoms with Crippen molar-refractivity contribution in [1.29, 1.82) is 0 Å². The number of amides is 1. The fourth-order valence-electron chi connectivity index (χ4n) is 2.78. The Hall–Kier alpha value is -1.99. The van der Waals surface area contributed by atoms with Crippen molar-refractivity contribution in [3.8, 4) is 11.3 Å². The molecule has 0 aliphatic carbocycles. The van der Waals surface area contributed by atoms with Crippen LogP contribution in [0.15, 0.2) is 41.4 Å². The summed E-state index contributed by atoms with van der Waals surface area (Å²) in [6.45, 7) is 5.20.